The number of pyridine rings is 1. The lowest BCUT2D eigenvalue weighted by Gasteiger charge is -2.11. The molecule has 30 heavy (non-hydrogen) atoms. The Morgan fingerprint density at radius 2 is 1.83 bits per heavy atom. The van der Waals surface area contributed by atoms with Gasteiger partial charge in [0.2, 0.25) is 11.6 Å². The van der Waals surface area contributed by atoms with Crippen molar-refractivity contribution in [2.45, 2.75) is 6.92 Å². The fourth-order valence-corrected chi connectivity index (χ4v) is 2.52. The first kappa shape index (κ1) is 20.5. The Morgan fingerprint density at radius 3 is 2.53 bits per heavy atom. The van der Waals surface area contributed by atoms with Crippen LogP contribution in [0, 0.1) is 28.7 Å². The number of nitrogens with one attached hydrogen (secondary N) is 2. The highest BCUT2D eigenvalue weighted by Gasteiger charge is 2.21. The van der Waals surface area contributed by atoms with Crippen LogP contribution in [-0.2, 0) is 0 Å². The molecule has 154 valence electrons. The van der Waals surface area contributed by atoms with Gasteiger partial charge in [0.05, 0.1) is 16.3 Å². The van der Waals surface area contributed by atoms with Crippen LogP contribution in [-0.4, -0.2) is 15.9 Å². The largest absolute Gasteiger partial charge is 0.450 e. The van der Waals surface area contributed by atoms with E-state index in [9.17, 15) is 23.7 Å². The molecule has 4 N–H and O–H groups in total. The highest BCUT2D eigenvalue weighted by atomic mass is 19.1. The van der Waals surface area contributed by atoms with Crippen molar-refractivity contribution in [3.05, 3.63) is 76.0 Å². The second kappa shape index (κ2) is 8.39. The zero-order valence-corrected chi connectivity index (χ0v) is 15.5. The van der Waals surface area contributed by atoms with Crippen LogP contribution >= 0.6 is 0 Å². The number of hydrogen-bond donors (Lipinski definition) is 3. The molecule has 0 radical (unpaired) electrons. The van der Waals surface area contributed by atoms with Gasteiger partial charge in [-0.1, -0.05) is 6.07 Å². The fourth-order valence-electron chi connectivity index (χ4n) is 2.52. The topological polar surface area (TPSA) is 132 Å². The molecule has 0 bridgehead atoms. The van der Waals surface area contributed by atoms with Gasteiger partial charge < -0.3 is 21.1 Å². The molecule has 1 aromatic heterocycles. The third kappa shape index (κ3) is 4.58. The molecule has 3 rings (SSSR count). The van der Waals surface area contributed by atoms with E-state index in [1.54, 1.807) is 6.92 Å². The molecule has 0 aliphatic heterocycles. The predicted octanol–water partition coefficient (Wildman–Crippen LogP) is 4.59. The molecular formula is C19H15F2N5O4. The maximum absolute atomic E-state index is 14.4. The van der Waals surface area contributed by atoms with Crippen LogP contribution in [0.5, 0.6) is 11.5 Å². The van der Waals surface area contributed by atoms with Crippen molar-refractivity contribution >= 4 is 28.9 Å². The summed E-state index contributed by atoms with van der Waals surface area (Å²) >= 11 is 0. The lowest BCUT2D eigenvalue weighted by Crippen LogP contribution is -2.20. The molecule has 11 heteroatoms. The Kier molecular flexibility index (Phi) is 5.72. The Morgan fingerprint density at radius 1 is 1.10 bits per heavy atom. The quantitative estimate of drug-likeness (QED) is 0.412. The standard InChI is InChI=1S/C19H15F2N5O4/c1-10-2-4-12(20)15(8-10)25-19(27)24-14-5-3-11(9-13(14)21)30-16-6-7-23-18(22)17(16)26(28)29/h2-9H,1H3,(H2,22,23)(H2,24,25,27). The number of rotatable bonds is 5. The second-order valence-corrected chi connectivity index (χ2v) is 6.11. The van der Waals surface area contributed by atoms with E-state index in [-0.39, 0.29) is 28.7 Å². The summed E-state index contributed by atoms with van der Waals surface area (Å²) < 4.78 is 33.4. The first-order valence-corrected chi connectivity index (χ1v) is 8.45. The summed E-state index contributed by atoms with van der Waals surface area (Å²) in [6.07, 6.45) is 1.21. The average molecular weight is 415 g/mol. The number of nitrogen functional groups attached to an aromatic ring is 1. The molecule has 0 aliphatic rings. The molecule has 0 aliphatic carbocycles. The molecule has 0 saturated heterocycles. The molecule has 2 amide bonds. The lowest BCUT2D eigenvalue weighted by molar-refractivity contribution is -0.384. The highest BCUT2D eigenvalue weighted by Crippen LogP contribution is 2.35. The molecule has 9 nitrogen and oxygen atoms in total. The molecule has 1 heterocycles. The SMILES string of the molecule is Cc1ccc(F)c(NC(=O)Nc2ccc(Oc3ccnc(N)c3[N+](=O)[O-])cc2F)c1. The Hall–Kier alpha value is -4.28. The number of carbonyl (C=O) groups excluding carboxylic acids is 1. The van der Waals surface area contributed by atoms with Crippen molar-refractivity contribution in [2.24, 2.45) is 0 Å². The van der Waals surface area contributed by atoms with Crippen molar-refractivity contribution in [1.82, 2.24) is 4.98 Å². The van der Waals surface area contributed by atoms with Gasteiger partial charge in [-0.2, -0.15) is 0 Å². The summed E-state index contributed by atoms with van der Waals surface area (Å²) in [5.41, 5.74) is 5.38. The number of nitro groups is 1. The number of aromatic nitrogens is 1. The molecule has 0 unspecified atom stereocenters. The summed E-state index contributed by atoms with van der Waals surface area (Å²) in [5.74, 6) is -2.16. The van der Waals surface area contributed by atoms with E-state index in [0.717, 1.165) is 11.6 Å². The van der Waals surface area contributed by atoms with E-state index < -0.39 is 28.3 Å². The minimum Gasteiger partial charge on any atom is -0.450 e. The minimum atomic E-state index is -0.878. The molecule has 0 saturated carbocycles. The van der Waals surface area contributed by atoms with E-state index in [1.807, 2.05) is 0 Å². The van der Waals surface area contributed by atoms with Crippen LogP contribution in [0.1, 0.15) is 5.56 Å². The van der Waals surface area contributed by atoms with Gasteiger partial charge in [0, 0.05) is 18.3 Å². The van der Waals surface area contributed by atoms with E-state index in [2.05, 4.69) is 15.6 Å². The molecular weight excluding hydrogens is 400 g/mol. The zero-order valence-electron chi connectivity index (χ0n) is 15.5. The van der Waals surface area contributed by atoms with Crippen LogP contribution in [0.25, 0.3) is 0 Å². The third-order valence-electron chi connectivity index (χ3n) is 3.88. The average Bonchev–Trinajstić information content (AvgIpc) is 2.66. The van der Waals surface area contributed by atoms with E-state index in [1.165, 1.54) is 42.6 Å². The highest BCUT2D eigenvalue weighted by molar-refractivity contribution is 6.00. The van der Waals surface area contributed by atoms with E-state index in [4.69, 9.17) is 10.5 Å². The number of nitrogens with two attached hydrogens (primary N) is 1. The van der Waals surface area contributed by atoms with Gasteiger partial charge >= 0.3 is 11.7 Å². The monoisotopic (exact) mass is 415 g/mol. The summed E-state index contributed by atoms with van der Waals surface area (Å²) in [6.45, 7) is 1.72. The maximum Gasteiger partial charge on any atom is 0.353 e. The Labute approximate surface area is 168 Å². The van der Waals surface area contributed by atoms with Gasteiger partial charge in [-0.25, -0.2) is 18.6 Å². The van der Waals surface area contributed by atoms with Gasteiger partial charge in [-0.05, 0) is 36.8 Å². The lowest BCUT2D eigenvalue weighted by atomic mass is 10.2. The number of halogens is 2. The number of amides is 2. The van der Waals surface area contributed by atoms with Gasteiger partial charge in [0.25, 0.3) is 0 Å². The summed E-state index contributed by atoms with van der Waals surface area (Å²) in [4.78, 5) is 26.0. The van der Waals surface area contributed by atoms with Crippen LogP contribution in [0.2, 0.25) is 0 Å². The number of benzene rings is 2. The van der Waals surface area contributed by atoms with Crippen molar-refractivity contribution < 1.29 is 23.2 Å². The number of aryl methyl sites for hydroxylation is 1. The summed E-state index contributed by atoms with van der Waals surface area (Å²) in [6, 6.07) is 7.91. The van der Waals surface area contributed by atoms with Crippen molar-refractivity contribution in [3.8, 4) is 11.5 Å². The number of nitrogens with zero attached hydrogens (tertiary/aromatic N) is 2. The Bertz CT molecular complexity index is 1140. The fraction of sp³-hybridized carbons (Fsp3) is 0.0526. The summed E-state index contributed by atoms with van der Waals surface area (Å²) in [5, 5.41) is 15.7. The van der Waals surface area contributed by atoms with Crippen LogP contribution in [0.15, 0.2) is 48.7 Å². The number of ether oxygens (including phenoxy) is 1. The van der Waals surface area contributed by atoms with Crippen LogP contribution < -0.4 is 21.1 Å². The number of carbonyl (C=O) groups is 1. The first-order valence-electron chi connectivity index (χ1n) is 8.45. The van der Waals surface area contributed by atoms with E-state index >= 15 is 0 Å². The van der Waals surface area contributed by atoms with Crippen LogP contribution in [0.3, 0.4) is 0 Å². The van der Waals surface area contributed by atoms with E-state index in [0.29, 0.717) is 0 Å². The second-order valence-electron chi connectivity index (χ2n) is 6.11. The number of hydrogen-bond acceptors (Lipinski definition) is 6. The zero-order chi connectivity index (χ0) is 21.8. The molecule has 3 aromatic rings. The molecule has 2 aromatic carbocycles. The van der Waals surface area contributed by atoms with Gasteiger partial charge in [-0.15, -0.1) is 0 Å². The van der Waals surface area contributed by atoms with Gasteiger partial charge in [0.15, 0.2) is 0 Å². The third-order valence-corrected chi connectivity index (χ3v) is 3.88. The number of urea groups is 1. The molecule has 0 fully saturated rings. The van der Waals surface area contributed by atoms with Crippen molar-refractivity contribution in [2.75, 3.05) is 16.4 Å². The summed E-state index contributed by atoms with van der Waals surface area (Å²) in [7, 11) is 0. The Balaban J connectivity index is 1.74. The van der Waals surface area contributed by atoms with Gasteiger partial charge in [0.1, 0.15) is 17.4 Å². The smallest absolute Gasteiger partial charge is 0.353 e. The minimum absolute atomic E-state index is 0.0598. The van der Waals surface area contributed by atoms with Crippen LogP contribution in [0.4, 0.5) is 36.5 Å². The molecule has 0 atom stereocenters. The first-order chi connectivity index (χ1) is 14.2. The van der Waals surface area contributed by atoms with Gasteiger partial charge in [-0.3, -0.25) is 10.1 Å². The van der Waals surface area contributed by atoms with Crippen molar-refractivity contribution in [3.63, 3.8) is 0 Å². The predicted molar refractivity (Wildman–Crippen MR) is 106 cm³/mol. The molecule has 0 spiro atoms. The number of anilines is 3. The maximum atomic E-state index is 14.4. The normalized spacial score (nSPS) is 10.4. The van der Waals surface area contributed by atoms with Crippen molar-refractivity contribution in [1.29, 1.82) is 0 Å².